The molecule has 0 heterocycles. The summed E-state index contributed by atoms with van der Waals surface area (Å²) in [4.78, 5) is 11.5. The molecule has 0 fully saturated rings. The topological polar surface area (TPSA) is 35.5 Å². The second-order valence-electron chi connectivity index (χ2n) is 4.37. The van der Waals surface area contributed by atoms with Gasteiger partial charge in [-0.05, 0) is 24.5 Å². The summed E-state index contributed by atoms with van der Waals surface area (Å²) >= 11 is 0. The predicted octanol–water partition coefficient (Wildman–Crippen LogP) is 3.33. The molecule has 100 valence electrons. The molecule has 2 rings (SSSR count). The minimum Gasteiger partial charge on any atom is -0.493 e. The average molecular weight is 258 g/mol. The molecule has 1 aromatic carbocycles. The number of hydrogen-bond donors (Lipinski definition) is 0. The highest BCUT2D eigenvalue weighted by molar-refractivity contribution is 5.89. The molecule has 0 aromatic heterocycles. The van der Waals surface area contributed by atoms with E-state index >= 15 is 0 Å². The minimum absolute atomic E-state index is 0.264. The predicted molar refractivity (Wildman–Crippen MR) is 74.3 cm³/mol. The summed E-state index contributed by atoms with van der Waals surface area (Å²) in [6, 6.07) is 10.0. The summed E-state index contributed by atoms with van der Waals surface area (Å²) in [5, 5.41) is 0. The summed E-state index contributed by atoms with van der Waals surface area (Å²) in [5.74, 6) is 0.518. The Kier molecular flexibility index (Phi) is 4.78. The Hall–Kier alpha value is -2.03. The lowest BCUT2D eigenvalue weighted by atomic mass is 10.2. The Bertz CT molecular complexity index is 486. The van der Waals surface area contributed by atoms with Crippen LogP contribution in [0.25, 0.3) is 6.08 Å². The van der Waals surface area contributed by atoms with Gasteiger partial charge in [-0.15, -0.1) is 0 Å². The molecular formula is C16H18O3. The molecule has 1 aliphatic carbocycles. The molecule has 3 nitrogen and oxygen atoms in total. The third-order valence-corrected chi connectivity index (χ3v) is 3.06. The largest absolute Gasteiger partial charge is 0.493 e. The van der Waals surface area contributed by atoms with Crippen molar-refractivity contribution in [2.45, 2.75) is 19.3 Å². The van der Waals surface area contributed by atoms with Gasteiger partial charge in [-0.2, -0.15) is 0 Å². The third-order valence-electron chi connectivity index (χ3n) is 3.06. The van der Waals surface area contributed by atoms with E-state index in [0.717, 1.165) is 30.6 Å². The molecule has 0 N–H and O–H groups in total. The Morgan fingerprint density at radius 1 is 1.26 bits per heavy atom. The average Bonchev–Trinajstić information content (AvgIpc) is 2.92. The quantitative estimate of drug-likeness (QED) is 0.760. The summed E-state index contributed by atoms with van der Waals surface area (Å²) in [7, 11) is 1.40. The van der Waals surface area contributed by atoms with Crippen molar-refractivity contribution in [2.75, 3.05) is 13.7 Å². The lowest BCUT2D eigenvalue weighted by Gasteiger charge is -2.06. The Labute approximate surface area is 113 Å². The van der Waals surface area contributed by atoms with E-state index in [0.29, 0.717) is 12.2 Å². The van der Waals surface area contributed by atoms with Gasteiger partial charge in [0.05, 0.1) is 12.7 Å². The maximum Gasteiger partial charge on any atom is 0.337 e. The SMILES string of the molecule is COC(=O)C1=C(OC/C=C/c2ccccc2)CCC1. The standard InChI is InChI=1S/C16H18O3/c1-18-16(17)14-10-5-11-15(14)19-12-6-9-13-7-3-2-4-8-13/h2-4,6-9H,5,10-12H2,1H3/b9-6+. The van der Waals surface area contributed by atoms with Crippen LogP contribution in [0.2, 0.25) is 0 Å². The number of carbonyl (C=O) groups excluding carboxylic acids is 1. The van der Waals surface area contributed by atoms with Crippen LogP contribution in [0.4, 0.5) is 0 Å². The van der Waals surface area contributed by atoms with E-state index in [2.05, 4.69) is 0 Å². The van der Waals surface area contributed by atoms with Crippen LogP contribution in [0, 0.1) is 0 Å². The van der Waals surface area contributed by atoms with Gasteiger partial charge in [-0.3, -0.25) is 0 Å². The summed E-state index contributed by atoms with van der Waals surface area (Å²) in [6.45, 7) is 0.477. The molecule has 19 heavy (non-hydrogen) atoms. The first-order valence-electron chi connectivity index (χ1n) is 6.46. The highest BCUT2D eigenvalue weighted by Crippen LogP contribution is 2.27. The highest BCUT2D eigenvalue weighted by Gasteiger charge is 2.22. The first-order chi connectivity index (χ1) is 9.31. The van der Waals surface area contributed by atoms with E-state index in [1.807, 2.05) is 42.5 Å². The van der Waals surface area contributed by atoms with Crippen molar-refractivity contribution in [3.8, 4) is 0 Å². The van der Waals surface area contributed by atoms with Crippen molar-refractivity contribution < 1.29 is 14.3 Å². The van der Waals surface area contributed by atoms with E-state index in [4.69, 9.17) is 9.47 Å². The van der Waals surface area contributed by atoms with Gasteiger partial charge in [-0.25, -0.2) is 4.79 Å². The van der Waals surface area contributed by atoms with Crippen molar-refractivity contribution in [2.24, 2.45) is 0 Å². The summed E-state index contributed by atoms with van der Waals surface area (Å²) < 4.78 is 10.4. The zero-order valence-corrected chi connectivity index (χ0v) is 11.1. The fraction of sp³-hybridized carbons (Fsp3) is 0.312. The van der Waals surface area contributed by atoms with Crippen LogP contribution in [0.1, 0.15) is 24.8 Å². The maximum absolute atomic E-state index is 11.5. The molecule has 3 heteroatoms. The zero-order chi connectivity index (χ0) is 13.5. The molecule has 0 aliphatic heterocycles. The minimum atomic E-state index is -0.264. The molecule has 0 amide bonds. The second kappa shape index (κ2) is 6.78. The molecule has 1 aromatic rings. The number of allylic oxidation sites excluding steroid dienone is 1. The second-order valence-corrected chi connectivity index (χ2v) is 4.37. The van der Waals surface area contributed by atoms with Crippen LogP contribution < -0.4 is 0 Å². The van der Waals surface area contributed by atoms with Crippen LogP contribution in [-0.4, -0.2) is 19.7 Å². The van der Waals surface area contributed by atoms with Gasteiger partial charge < -0.3 is 9.47 Å². The van der Waals surface area contributed by atoms with E-state index in [1.165, 1.54) is 7.11 Å². The van der Waals surface area contributed by atoms with Gasteiger partial charge in [0.25, 0.3) is 0 Å². The van der Waals surface area contributed by atoms with Crippen LogP contribution in [-0.2, 0) is 14.3 Å². The van der Waals surface area contributed by atoms with Gasteiger partial charge in [-0.1, -0.05) is 36.4 Å². The molecule has 0 bridgehead atoms. The number of carbonyl (C=O) groups is 1. The van der Waals surface area contributed by atoms with Crippen LogP contribution >= 0.6 is 0 Å². The summed E-state index contributed by atoms with van der Waals surface area (Å²) in [6.07, 6.45) is 6.50. The molecule has 0 saturated heterocycles. The number of esters is 1. The number of ether oxygens (including phenoxy) is 2. The van der Waals surface area contributed by atoms with Gasteiger partial charge >= 0.3 is 5.97 Å². The molecular weight excluding hydrogens is 240 g/mol. The molecule has 0 atom stereocenters. The van der Waals surface area contributed by atoms with Gasteiger partial charge in [0.2, 0.25) is 0 Å². The van der Waals surface area contributed by atoms with E-state index < -0.39 is 0 Å². The van der Waals surface area contributed by atoms with Crippen molar-refractivity contribution in [1.82, 2.24) is 0 Å². The van der Waals surface area contributed by atoms with E-state index in [-0.39, 0.29) is 5.97 Å². The fourth-order valence-corrected chi connectivity index (χ4v) is 2.11. The smallest absolute Gasteiger partial charge is 0.337 e. The Morgan fingerprint density at radius 3 is 2.79 bits per heavy atom. The van der Waals surface area contributed by atoms with Gasteiger partial charge in [0.1, 0.15) is 12.4 Å². The van der Waals surface area contributed by atoms with E-state index in [1.54, 1.807) is 0 Å². The van der Waals surface area contributed by atoms with Crippen LogP contribution in [0.3, 0.4) is 0 Å². The fourth-order valence-electron chi connectivity index (χ4n) is 2.11. The first-order valence-corrected chi connectivity index (χ1v) is 6.46. The van der Waals surface area contributed by atoms with Crippen molar-refractivity contribution >= 4 is 12.0 Å². The van der Waals surface area contributed by atoms with Crippen LogP contribution in [0.5, 0.6) is 0 Å². The Balaban J connectivity index is 1.88. The monoisotopic (exact) mass is 258 g/mol. The van der Waals surface area contributed by atoms with Crippen LogP contribution in [0.15, 0.2) is 47.7 Å². The molecule has 0 saturated carbocycles. The zero-order valence-electron chi connectivity index (χ0n) is 11.1. The summed E-state index contributed by atoms with van der Waals surface area (Å²) in [5.41, 5.74) is 1.83. The number of methoxy groups -OCH3 is 1. The normalized spacial score (nSPS) is 15.0. The van der Waals surface area contributed by atoms with Crippen molar-refractivity contribution in [3.63, 3.8) is 0 Å². The number of rotatable bonds is 5. The molecule has 0 radical (unpaired) electrons. The lowest BCUT2D eigenvalue weighted by Crippen LogP contribution is -2.05. The van der Waals surface area contributed by atoms with Crippen molar-refractivity contribution in [3.05, 3.63) is 53.3 Å². The van der Waals surface area contributed by atoms with E-state index in [9.17, 15) is 4.79 Å². The highest BCUT2D eigenvalue weighted by atomic mass is 16.5. The molecule has 1 aliphatic rings. The molecule has 0 spiro atoms. The number of hydrogen-bond acceptors (Lipinski definition) is 3. The Morgan fingerprint density at radius 2 is 2.05 bits per heavy atom. The maximum atomic E-state index is 11.5. The number of benzene rings is 1. The van der Waals surface area contributed by atoms with Gasteiger partial charge in [0.15, 0.2) is 0 Å². The lowest BCUT2D eigenvalue weighted by molar-refractivity contribution is -0.136. The van der Waals surface area contributed by atoms with Gasteiger partial charge in [0, 0.05) is 6.42 Å². The third kappa shape index (κ3) is 3.71. The van der Waals surface area contributed by atoms with Crippen molar-refractivity contribution in [1.29, 1.82) is 0 Å². The first kappa shape index (κ1) is 13.4. The molecule has 0 unspecified atom stereocenters.